The number of piperazine rings is 1. The standard InChI is InChI=1S/C15H21FN2O/c16-12-3-4-15(19)13(10-12)14(9-11-1-2-11)18-7-5-17-6-8-18/h3-4,10-11,14,17,19H,1-2,5-9H2/t14-/m0/s1. The molecule has 1 saturated heterocycles. The first-order valence-electron chi connectivity index (χ1n) is 7.17. The van der Waals surface area contributed by atoms with Crippen LogP contribution in [0.15, 0.2) is 18.2 Å². The Balaban J connectivity index is 1.85. The number of hydrogen-bond acceptors (Lipinski definition) is 3. The van der Waals surface area contributed by atoms with E-state index in [2.05, 4.69) is 10.2 Å². The Morgan fingerprint density at radius 3 is 2.74 bits per heavy atom. The number of aromatic hydroxyl groups is 1. The van der Waals surface area contributed by atoms with E-state index < -0.39 is 0 Å². The number of phenols is 1. The van der Waals surface area contributed by atoms with Gasteiger partial charge in [-0.2, -0.15) is 0 Å². The molecule has 4 heteroatoms. The highest BCUT2D eigenvalue weighted by atomic mass is 19.1. The van der Waals surface area contributed by atoms with Crippen molar-refractivity contribution in [2.45, 2.75) is 25.3 Å². The molecule has 1 aliphatic heterocycles. The van der Waals surface area contributed by atoms with Crippen molar-refractivity contribution in [3.05, 3.63) is 29.6 Å². The Morgan fingerprint density at radius 1 is 1.32 bits per heavy atom. The van der Waals surface area contributed by atoms with E-state index in [1.54, 1.807) is 0 Å². The maximum absolute atomic E-state index is 13.5. The van der Waals surface area contributed by atoms with Crippen molar-refractivity contribution in [3.8, 4) is 5.75 Å². The summed E-state index contributed by atoms with van der Waals surface area (Å²) < 4.78 is 13.5. The zero-order chi connectivity index (χ0) is 13.2. The predicted octanol–water partition coefficient (Wildman–Crippen LogP) is 2.28. The summed E-state index contributed by atoms with van der Waals surface area (Å²) in [4.78, 5) is 2.38. The van der Waals surface area contributed by atoms with Crippen LogP contribution in [0.3, 0.4) is 0 Å². The number of rotatable bonds is 4. The van der Waals surface area contributed by atoms with Gasteiger partial charge in [-0.3, -0.25) is 4.90 Å². The van der Waals surface area contributed by atoms with E-state index in [1.807, 2.05) is 0 Å². The molecule has 0 unspecified atom stereocenters. The second kappa shape index (κ2) is 5.47. The Hall–Kier alpha value is -1.13. The van der Waals surface area contributed by atoms with Gasteiger partial charge in [-0.15, -0.1) is 0 Å². The summed E-state index contributed by atoms with van der Waals surface area (Å²) in [6.07, 6.45) is 3.59. The lowest BCUT2D eigenvalue weighted by Gasteiger charge is -2.35. The van der Waals surface area contributed by atoms with Crippen molar-refractivity contribution in [1.29, 1.82) is 0 Å². The molecule has 1 saturated carbocycles. The van der Waals surface area contributed by atoms with Gasteiger partial charge >= 0.3 is 0 Å². The largest absolute Gasteiger partial charge is 0.508 e. The van der Waals surface area contributed by atoms with E-state index in [9.17, 15) is 9.50 Å². The van der Waals surface area contributed by atoms with Gasteiger partial charge in [-0.25, -0.2) is 4.39 Å². The lowest BCUT2D eigenvalue weighted by molar-refractivity contribution is 0.157. The summed E-state index contributed by atoms with van der Waals surface area (Å²) in [5.74, 6) is 0.719. The van der Waals surface area contributed by atoms with Crippen LogP contribution in [0.1, 0.15) is 30.9 Å². The van der Waals surface area contributed by atoms with Crippen LogP contribution < -0.4 is 5.32 Å². The smallest absolute Gasteiger partial charge is 0.123 e. The van der Waals surface area contributed by atoms with Gasteiger partial charge in [0.2, 0.25) is 0 Å². The summed E-state index contributed by atoms with van der Waals surface area (Å²) in [6, 6.07) is 4.47. The number of hydrogen-bond donors (Lipinski definition) is 2. The van der Waals surface area contributed by atoms with Crippen LogP contribution in [0.5, 0.6) is 5.75 Å². The minimum Gasteiger partial charge on any atom is -0.508 e. The van der Waals surface area contributed by atoms with Gasteiger partial charge in [0, 0.05) is 37.8 Å². The Labute approximate surface area is 113 Å². The lowest BCUT2D eigenvalue weighted by Crippen LogP contribution is -2.45. The molecule has 1 aromatic rings. The van der Waals surface area contributed by atoms with Crippen LogP contribution in [-0.4, -0.2) is 36.2 Å². The van der Waals surface area contributed by atoms with E-state index >= 15 is 0 Å². The van der Waals surface area contributed by atoms with Gasteiger partial charge < -0.3 is 10.4 Å². The molecule has 104 valence electrons. The first-order chi connectivity index (χ1) is 9.24. The van der Waals surface area contributed by atoms with Crippen LogP contribution in [0, 0.1) is 11.7 Å². The Kier molecular flexibility index (Phi) is 3.71. The highest BCUT2D eigenvalue weighted by Crippen LogP contribution is 2.42. The molecule has 3 nitrogen and oxygen atoms in total. The molecule has 0 aromatic heterocycles. The molecular weight excluding hydrogens is 243 g/mol. The summed E-state index contributed by atoms with van der Waals surface area (Å²) in [7, 11) is 0. The summed E-state index contributed by atoms with van der Waals surface area (Å²) in [6.45, 7) is 3.87. The minimum absolute atomic E-state index is 0.158. The van der Waals surface area contributed by atoms with E-state index in [0.717, 1.165) is 44.1 Å². The number of benzene rings is 1. The van der Waals surface area contributed by atoms with Crippen LogP contribution in [0.4, 0.5) is 4.39 Å². The molecule has 2 aliphatic rings. The van der Waals surface area contributed by atoms with Gasteiger partial charge in [0.25, 0.3) is 0 Å². The molecule has 1 aliphatic carbocycles. The summed E-state index contributed by atoms with van der Waals surface area (Å²) >= 11 is 0. The number of nitrogens with zero attached hydrogens (tertiary/aromatic N) is 1. The van der Waals surface area contributed by atoms with Gasteiger partial charge in [-0.05, 0) is 30.5 Å². The molecule has 1 aromatic carbocycles. The quantitative estimate of drug-likeness (QED) is 0.875. The monoisotopic (exact) mass is 264 g/mol. The van der Waals surface area contributed by atoms with Crippen molar-refractivity contribution in [2.75, 3.05) is 26.2 Å². The fourth-order valence-electron chi connectivity index (χ4n) is 2.93. The molecule has 2 fully saturated rings. The van der Waals surface area contributed by atoms with E-state index in [4.69, 9.17) is 0 Å². The average molecular weight is 264 g/mol. The van der Waals surface area contributed by atoms with Crippen LogP contribution >= 0.6 is 0 Å². The molecular formula is C15H21FN2O. The SMILES string of the molecule is Oc1ccc(F)cc1[C@H](CC1CC1)N1CCNCC1. The van der Waals surface area contributed by atoms with E-state index in [0.29, 0.717) is 0 Å². The van der Waals surface area contributed by atoms with Crippen molar-refractivity contribution in [3.63, 3.8) is 0 Å². The van der Waals surface area contributed by atoms with Gasteiger partial charge in [-0.1, -0.05) is 12.8 Å². The van der Waals surface area contributed by atoms with Crippen molar-refractivity contribution in [2.24, 2.45) is 5.92 Å². The van der Waals surface area contributed by atoms with Crippen molar-refractivity contribution < 1.29 is 9.50 Å². The predicted molar refractivity (Wildman–Crippen MR) is 72.6 cm³/mol. The van der Waals surface area contributed by atoms with Crippen LogP contribution in [0.2, 0.25) is 0 Å². The molecule has 1 atom stereocenters. The zero-order valence-corrected chi connectivity index (χ0v) is 11.1. The molecule has 2 N–H and O–H groups in total. The maximum Gasteiger partial charge on any atom is 0.123 e. The molecule has 3 rings (SSSR count). The normalized spacial score (nSPS) is 22.4. The van der Waals surface area contributed by atoms with Crippen LogP contribution in [-0.2, 0) is 0 Å². The molecule has 0 spiro atoms. The average Bonchev–Trinajstić information content (AvgIpc) is 3.24. The third kappa shape index (κ3) is 3.07. The molecule has 0 radical (unpaired) electrons. The zero-order valence-electron chi connectivity index (χ0n) is 11.1. The number of nitrogens with one attached hydrogen (secondary N) is 1. The molecule has 19 heavy (non-hydrogen) atoms. The highest BCUT2D eigenvalue weighted by Gasteiger charge is 2.31. The van der Waals surface area contributed by atoms with Gasteiger partial charge in [0.15, 0.2) is 0 Å². The molecule has 0 amide bonds. The highest BCUT2D eigenvalue weighted by molar-refractivity contribution is 5.35. The Bertz CT molecular complexity index is 442. The summed E-state index contributed by atoms with van der Waals surface area (Å²) in [5, 5.41) is 13.4. The number of phenolic OH excluding ortho intramolecular Hbond substituents is 1. The van der Waals surface area contributed by atoms with Crippen molar-refractivity contribution in [1.82, 2.24) is 10.2 Å². The molecule has 0 bridgehead atoms. The fourth-order valence-corrected chi connectivity index (χ4v) is 2.93. The summed E-state index contributed by atoms with van der Waals surface area (Å²) in [5.41, 5.74) is 0.758. The van der Waals surface area contributed by atoms with E-state index in [1.165, 1.54) is 31.0 Å². The van der Waals surface area contributed by atoms with Crippen LogP contribution in [0.25, 0.3) is 0 Å². The van der Waals surface area contributed by atoms with Gasteiger partial charge in [0.05, 0.1) is 0 Å². The third-order valence-electron chi connectivity index (χ3n) is 4.19. The first-order valence-corrected chi connectivity index (χ1v) is 7.17. The lowest BCUT2D eigenvalue weighted by atomic mass is 9.97. The minimum atomic E-state index is -0.260. The first kappa shape index (κ1) is 12.9. The topological polar surface area (TPSA) is 35.5 Å². The second-order valence-corrected chi connectivity index (χ2v) is 5.68. The maximum atomic E-state index is 13.5. The second-order valence-electron chi connectivity index (χ2n) is 5.68. The van der Waals surface area contributed by atoms with Crippen molar-refractivity contribution >= 4 is 0 Å². The third-order valence-corrected chi connectivity index (χ3v) is 4.19. The molecule has 1 heterocycles. The van der Waals surface area contributed by atoms with E-state index in [-0.39, 0.29) is 17.6 Å². The number of halogens is 1. The van der Waals surface area contributed by atoms with Gasteiger partial charge in [0.1, 0.15) is 11.6 Å². The fraction of sp³-hybridized carbons (Fsp3) is 0.600. The Morgan fingerprint density at radius 2 is 2.05 bits per heavy atom.